The van der Waals surface area contributed by atoms with Crippen LogP contribution in [0.4, 0.5) is 5.69 Å². The van der Waals surface area contributed by atoms with E-state index < -0.39 is 11.6 Å². The number of hydrogen-bond acceptors (Lipinski definition) is 6. The van der Waals surface area contributed by atoms with Gasteiger partial charge in [0.25, 0.3) is 0 Å². The van der Waals surface area contributed by atoms with Crippen LogP contribution in [0.15, 0.2) is 49.1 Å². The maximum absolute atomic E-state index is 12.6. The molecule has 6 nitrogen and oxygen atoms in total. The average molecular weight is 552 g/mol. The van der Waals surface area contributed by atoms with Crippen LogP contribution in [-0.2, 0) is 21.3 Å². The Hall–Kier alpha value is -2.54. The van der Waals surface area contributed by atoms with Crippen molar-refractivity contribution in [2.24, 2.45) is 11.8 Å². The number of nitrogens with zero attached hydrogens (tertiary/aromatic N) is 1. The molecular formula is C32H38ClNO5. The Labute approximate surface area is 235 Å². The lowest BCUT2D eigenvalue weighted by molar-refractivity contribution is -0.125. The van der Waals surface area contributed by atoms with Crippen molar-refractivity contribution in [3.05, 3.63) is 70.8 Å². The second kappa shape index (κ2) is 10.5. The maximum Gasteiger partial charge on any atom is 0.339 e. The van der Waals surface area contributed by atoms with Crippen molar-refractivity contribution in [2.45, 2.75) is 62.1 Å². The Morgan fingerprint density at radius 3 is 2.87 bits per heavy atom. The van der Waals surface area contributed by atoms with Crippen LogP contribution in [0.3, 0.4) is 0 Å². The van der Waals surface area contributed by atoms with Crippen LogP contribution < -0.4 is 9.64 Å². The number of hydrogen-bond donors (Lipinski definition) is 1. The molecule has 0 unspecified atom stereocenters. The highest BCUT2D eigenvalue weighted by molar-refractivity contribution is 6.36. The summed E-state index contributed by atoms with van der Waals surface area (Å²) in [5.74, 6) is 0.979. The van der Waals surface area contributed by atoms with Crippen LogP contribution in [0.1, 0.15) is 60.0 Å². The van der Waals surface area contributed by atoms with E-state index in [0.717, 1.165) is 50.9 Å². The smallest absolute Gasteiger partial charge is 0.339 e. The lowest BCUT2D eigenvalue weighted by Gasteiger charge is -2.48. The first-order chi connectivity index (χ1) is 18.9. The van der Waals surface area contributed by atoms with Gasteiger partial charge in [0, 0.05) is 31.3 Å². The number of rotatable bonds is 5. The van der Waals surface area contributed by atoms with Crippen LogP contribution in [0.2, 0.25) is 5.02 Å². The van der Waals surface area contributed by atoms with Crippen molar-refractivity contribution in [3.63, 3.8) is 0 Å². The molecule has 7 heteroatoms. The van der Waals surface area contributed by atoms with Crippen molar-refractivity contribution in [1.29, 1.82) is 0 Å². The van der Waals surface area contributed by atoms with Crippen LogP contribution >= 0.6 is 11.6 Å². The summed E-state index contributed by atoms with van der Waals surface area (Å²) in [5.41, 5.74) is 2.84. The molecule has 2 fully saturated rings. The Bertz CT molecular complexity index is 1270. The van der Waals surface area contributed by atoms with Crippen LogP contribution in [0.25, 0.3) is 0 Å². The number of aliphatic hydroxyl groups is 1. The molecular weight excluding hydrogens is 514 g/mol. The standard InChI is InChI=1S/C32H38ClNO5/c1-3-32(36)15-16-38-27(17-32)23-11-10-22(23)18-34-19-31(14-6-8-21-7-4-5-9-25(21)31)20-39-26-13-12-24(30(35)37-2)28(33)29(26)34/h3-5,7,9,12-13,22-23,27,36H,1,6,8,10-11,14-20H2,2H3/t22-,23+,27+,31-,32+/m0/s1. The Morgan fingerprint density at radius 2 is 2.10 bits per heavy atom. The number of carbonyl (C=O) groups is 1. The highest BCUT2D eigenvalue weighted by Crippen LogP contribution is 2.49. The van der Waals surface area contributed by atoms with Gasteiger partial charge in [0.15, 0.2) is 0 Å². The van der Waals surface area contributed by atoms with Gasteiger partial charge in [-0.05, 0) is 67.2 Å². The number of carbonyl (C=O) groups excluding carboxylic acids is 1. The van der Waals surface area contributed by atoms with Crippen molar-refractivity contribution >= 4 is 23.3 Å². The Balaban J connectivity index is 1.36. The van der Waals surface area contributed by atoms with Gasteiger partial charge in [-0.3, -0.25) is 0 Å². The number of esters is 1. The molecule has 0 amide bonds. The van der Waals surface area contributed by atoms with Crippen molar-refractivity contribution < 1.29 is 24.1 Å². The topological polar surface area (TPSA) is 68.2 Å². The molecule has 2 aliphatic heterocycles. The Kier molecular flexibility index (Phi) is 7.15. The number of ether oxygens (including phenoxy) is 3. The number of fused-ring (bicyclic) bond motifs is 3. The zero-order valence-corrected chi connectivity index (χ0v) is 23.4. The highest BCUT2D eigenvalue weighted by Gasteiger charge is 2.47. The summed E-state index contributed by atoms with van der Waals surface area (Å²) in [4.78, 5) is 15.0. The second-order valence-electron chi connectivity index (χ2n) is 11.9. The van der Waals surface area contributed by atoms with E-state index in [1.54, 1.807) is 12.1 Å². The summed E-state index contributed by atoms with van der Waals surface area (Å²) in [6.45, 7) is 6.51. The number of halogens is 1. The molecule has 2 aromatic rings. The zero-order chi connectivity index (χ0) is 27.2. The SMILES string of the molecule is C=C[C@@]1(O)CCO[C@@H]([C@@H]2CC[C@H]2CN2C[C@@]3(CCCc4ccccc43)COc3ccc(C(=O)OC)c(Cl)c32)C1. The molecule has 1 saturated heterocycles. The molecule has 0 bridgehead atoms. The molecule has 4 aliphatic rings. The summed E-state index contributed by atoms with van der Waals surface area (Å²) in [5, 5.41) is 11.3. The van der Waals surface area contributed by atoms with Crippen LogP contribution in [0, 0.1) is 11.8 Å². The molecule has 1 saturated carbocycles. The maximum atomic E-state index is 12.6. The van der Waals surface area contributed by atoms with Gasteiger partial charge in [0.2, 0.25) is 0 Å². The van der Waals surface area contributed by atoms with Gasteiger partial charge in [-0.15, -0.1) is 6.58 Å². The molecule has 208 valence electrons. The highest BCUT2D eigenvalue weighted by atomic mass is 35.5. The summed E-state index contributed by atoms with van der Waals surface area (Å²) in [6, 6.07) is 12.3. The minimum atomic E-state index is -0.860. The second-order valence-corrected chi connectivity index (χ2v) is 12.3. The van der Waals surface area contributed by atoms with Gasteiger partial charge < -0.3 is 24.2 Å². The predicted octanol–water partition coefficient (Wildman–Crippen LogP) is 5.72. The molecule has 2 heterocycles. The molecule has 39 heavy (non-hydrogen) atoms. The lowest BCUT2D eigenvalue weighted by atomic mass is 9.67. The van der Waals surface area contributed by atoms with Crippen molar-refractivity contribution in [3.8, 4) is 5.75 Å². The number of aryl methyl sites for hydroxylation is 1. The first-order valence-corrected chi connectivity index (χ1v) is 14.6. The first-order valence-electron chi connectivity index (χ1n) is 14.2. The van der Waals surface area contributed by atoms with Crippen molar-refractivity contribution in [1.82, 2.24) is 0 Å². The van der Waals surface area contributed by atoms with E-state index in [2.05, 4.69) is 35.7 Å². The molecule has 1 spiro atoms. The molecule has 6 rings (SSSR count). The molecule has 2 aliphatic carbocycles. The predicted molar refractivity (Wildman–Crippen MR) is 152 cm³/mol. The third kappa shape index (κ3) is 4.75. The van der Waals surface area contributed by atoms with Gasteiger partial charge in [0.05, 0.1) is 48.3 Å². The fraction of sp³-hybridized carbons (Fsp3) is 0.531. The van der Waals surface area contributed by atoms with Gasteiger partial charge in [0.1, 0.15) is 5.75 Å². The molecule has 2 aromatic carbocycles. The molecule has 0 aromatic heterocycles. The monoisotopic (exact) mass is 551 g/mol. The molecule has 5 atom stereocenters. The third-order valence-electron chi connectivity index (χ3n) is 9.70. The normalized spacial score (nSPS) is 31.8. The van der Waals surface area contributed by atoms with E-state index >= 15 is 0 Å². The summed E-state index contributed by atoms with van der Waals surface area (Å²) in [6.07, 6.45) is 8.23. The van der Waals surface area contributed by atoms with Gasteiger partial charge >= 0.3 is 5.97 Å². The summed E-state index contributed by atoms with van der Waals surface area (Å²) in [7, 11) is 1.38. The molecule has 0 radical (unpaired) electrons. The fourth-order valence-electron chi connectivity index (χ4n) is 7.36. The van der Waals surface area contributed by atoms with E-state index in [0.29, 0.717) is 54.2 Å². The number of anilines is 1. The van der Waals surface area contributed by atoms with Gasteiger partial charge in [-0.2, -0.15) is 0 Å². The zero-order valence-electron chi connectivity index (χ0n) is 22.7. The largest absolute Gasteiger partial charge is 0.490 e. The van der Waals surface area contributed by atoms with Gasteiger partial charge in [-0.25, -0.2) is 4.79 Å². The quantitative estimate of drug-likeness (QED) is 0.378. The van der Waals surface area contributed by atoms with E-state index in [4.69, 9.17) is 25.8 Å². The minimum Gasteiger partial charge on any atom is -0.490 e. The number of benzene rings is 2. The number of methoxy groups -OCH3 is 1. The van der Waals surface area contributed by atoms with Gasteiger partial charge in [-0.1, -0.05) is 41.9 Å². The summed E-state index contributed by atoms with van der Waals surface area (Å²) >= 11 is 6.99. The third-order valence-corrected chi connectivity index (χ3v) is 10.1. The van der Waals surface area contributed by atoms with Crippen molar-refractivity contribution in [2.75, 3.05) is 38.3 Å². The minimum absolute atomic E-state index is 0.00411. The Morgan fingerprint density at radius 1 is 1.26 bits per heavy atom. The summed E-state index contributed by atoms with van der Waals surface area (Å²) < 4.78 is 17.8. The van der Waals surface area contributed by atoms with E-state index in [-0.39, 0.29) is 11.5 Å². The van der Waals surface area contributed by atoms with Crippen LogP contribution in [-0.4, -0.2) is 56.2 Å². The average Bonchev–Trinajstić information content (AvgIpc) is 3.09. The van der Waals surface area contributed by atoms with E-state index in [9.17, 15) is 9.90 Å². The van der Waals surface area contributed by atoms with Crippen LogP contribution in [0.5, 0.6) is 5.75 Å². The van der Waals surface area contributed by atoms with E-state index in [1.807, 2.05) is 6.07 Å². The lowest BCUT2D eigenvalue weighted by Crippen LogP contribution is -2.52. The van der Waals surface area contributed by atoms with E-state index in [1.165, 1.54) is 18.2 Å². The molecule has 1 N–H and O–H groups in total. The fourth-order valence-corrected chi connectivity index (χ4v) is 7.71. The first kappa shape index (κ1) is 26.7.